The van der Waals surface area contributed by atoms with Crippen molar-refractivity contribution in [2.75, 3.05) is 26.4 Å². The number of nitrogens with zero attached hydrogens (tertiary/aromatic N) is 6. The van der Waals surface area contributed by atoms with Gasteiger partial charge >= 0.3 is 0 Å². The Morgan fingerprint density at radius 3 is 1.54 bits per heavy atom. The van der Waals surface area contributed by atoms with E-state index in [9.17, 15) is 12.6 Å². The van der Waals surface area contributed by atoms with Gasteiger partial charge in [-0.15, -0.1) is 0 Å². The second-order valence-electron chi connectivity index (χ2n) is 17.6. The zero-order chi connectivity index (χ0) is 43.9. The van der Waals surface area contributed by atoms with Gasteiger partial charge in [0.25, 0.3) is 0 Å². The lowest BCUT2D eigenvalue weighted by molar-refractivity contribution is 0.0610. The van der Waals surface area contributed by atoms with Crippen LogP contribution >= 0.6 is 46.4 Å². The number of aromatic nitrogens is 6. The maximum Gasteiger partial charge on any atom is 0.209 e. The number of sulfone groups is 1. The lowest BCUT2D eigenvalue weighted by Gasteiger charge is -2.26. The Bertz CT molecular complexity index is 2660. The monoisotopic (exact) mass is 946 g/mol. The zero-order valence-corrected chi connectivity index (χ0v) is 39.7. The van der Waals surface area contributed by atoms with Gasteiger partial charge < -0.3 is 18.6 Å². The topological polar surface area (TPSA) is 131 Å². The van der Waals surface area contributed by atoms with Gasteiger partial charge in [-0.05, 0) is 73.9 Å². The van der Waals surface area contributed by atoms with Gasteiger partial charge in [0.2, 0.25) is 9.84 Å². The van der Waals surface area contributed by atoms with E-state index in [4.69, 9.17) is 65.8 Å². The number of benzene rings is 2. The molecule has 17 heteroatoms. The van der Waals surface area contributed by atoms with E-state index < -0.39 is 20.6 Å². The highest BCUT2D eigenvalue weighted by atomic mass is 35.5. The Kier molecular flexibility index (Phi) is 13.9. The van der Waals surface area contributed by atoms with Gasteiger partial charge in [-0.1, -0.05) is 87.9 Å². The van der Waals surface area contributed by atoms with Crippen molar-refractivity contribution in [1.82, 2.24) is 29.1 Å². The molecule has 6 heterocycles. The highest BCUT2D eigenvalue weighted by Crippen LogP contribution is 2.37. The van der Waals surface area contributed by atoms with E-state index in [1.54, 1.807) is 12.1 Å². The van der Waals surface area contributed by atoms with Crippen molar-refractivity contribution in [3.63, 3.8) is 0 Å². The average molecular weight is 949 g/mol. The Balaban J connectivity index is 0.000000184. The molecule has 6 aromatic rings. The highest BCUT2D eigenvalue weighted by molar-refractivity contribution is 7.91. The number of pyridine rings is 2. The standard InChI is InChI=1S/C22H25Cl2N3O3S.C22H25Cl2N3O2S/c1-22(2,3)21-26-18-10-15(31(28,29)20-16(23)11-25-12-17(20)24)4-5-19(18)27(21)13-14-6-8-30-9-7-14;1-22(2,3)21-26-18-10-15(30(28)20-16(23)11-25-12-17(20)24)4-5-19(18)27(21)13-14-6-8-29-9-7-14/h4-5,10-12,14H,6-9,13H2,1-3H3;4-5,10-12,14H,6-9,13H2,1-3H3. The smallest absolute Gasteiger partial charge is 0.209 e. The van der Waals surface area contributed by atoms with Crippen LogP contribution in [0.25, 0.3) is 22.1 Å². The summed E-state index contributed by atoms with van der Waals surface area (Å²) in [5.74, 6) is 3.04. The van der Waals surface area contributed by atoms with Gasteiger partial charge in [-0.3, -0.25) is 9.97 Å². The number of halogens is 4. The van der Waals surface area contributed by atoms with Gasteiger partial charge in [0.15, 0.2) is 0 Å². The number of ether oxygens (including phenoxy) is 2. The van der Waals surface area contributed by atoms with Crippen molar-refractivity contribution in [3.05, 3.63) is 92.9 Å². The summed E-state index contributed by atoms with van der Waals surface area (Å²) in [6.07, 6.45) is 9.61. The van der Waals surface area contributed by atoms with Crippen LogP contribution in [-0.2, 0) is 54.0 Å². The molecule has 0 bridgehead atoms. The third-order valence-corrected chi connectivity index (χ3v) is 15.9. The van der Waals surface area contributed by atoms with E-state index in [1.165, 1.54) is 24.8 Å². The summed E-state index contributed by atoms with van der Waals surface area (Å²) >= 11 is 24.7. The second kappa shape index (κ2) is 18.5. The van der Waals surface area contributed by atoms with Crippen molar-refractivity contribution in [3.8, 4) is 0 Å². The van der Waals surface area contributed by atoms with Crippen LogP contribution in [0.5, 0.6) is 0 Å². The molecule has 1 atom stereocenters. The average Bonchev–Trinajstić information content (AvgIpc) is 3.77. The molecule has 8 rings (SSSR count). The second-order valence-corrected chi connectivity index (χ2v) is 22.6. The van der Waals surface area contributed by atoms with E-state index >= 15 is 0 Å². The molecule has 11 nitrogen and oxygen atoms in total. The molecule has 2 fully saturated rings. The van der Waals surface area contributed by atoms with Crippen molar-refractivity contribution < 1.29 is 22.1 Å². The summed E-state index contributed by atoms with van der Waals surface area (Å²) in [7, 11) is -5.45. The van der Waals surface area contributed by atoms with Crippen molar-refractivity contribution >= 4 is 89.1 Å². The van der Waals surface area contributed by atoms with Crippen molar-refractivity contribution in [2.45, 2.75) is 111 Å². The van der Waals surface area contributed by atoms with E-state index in [1.807, 2.05) is 24.3 Å². The number of rotatable bonds is 8. The summed E-state index contributed by atoms with van der Waals surface area (Å²) in [4.78, 5) is 18.6. The summed E-state index contributed by atoms with van der Waals surface area (Å²) < 4.78 is 55.3. The molecule has 1 unspecified atom stereocenters. The fourth-order valence-corrected chi connectivity index (χ4v) is 12.1. The molecule has 0 N–H and O–H groups in total. The van der Waals surface area contributed by atoms with Crippen LogP contribution in [0.4, 0.5) is 0 Å². The fraction of sp³-hybridized carbons (Fsp3) is 0.455. The van der Waals surface area contributed by atoms with Crippen LogP contribution in [0.2, 0.25) is 20.1 Å². The molecule has 0 radical (unpaired) electrons. The van der Waals surface area contributed by atoms with Crippen LogP contribution in [0.1, 0.15) is 78.9 Å². The van der Waals surface area contributed by atoms with Crippen LogP contribution < -0.4 is 0 Å². The van der Waals surface area contributed by atoms with Gasteiger partial charge in [-0.25, -0.2) is 22.6 Å². The SMILES string of the molecule is CC(C)(C)c1nc2cc(S(=O)(=O)c3c(Cl)cncc3Cl)ccc2n1CC1CCOCC1.CC(C)(C)c1nc2cc(S(=O)c3c(Cl)cncc3Cl)ccc2n1CC1CCOCC1. The minimum atomic E-state index is -3.93. The largest absolute Gasteiger partial charge is 0.381 e. The molecule has 326 valence electrons. The summed E-state index contributed by atoms with van der Waals surface area (Å²) in [5, 5.41) is 0.573. The molecule has 0 saturated carbocycles. The number of hydrogen-bond donors (Lipinski definition) is 0. The molecule has 0 amide bonds. The Morgan fingerprint density at radius 1 is 0.656 bits per heavy atom. The van der Waals surface area contributed by atoms with Crippen molar-refractivity contribution in [1.29, 1.82) is 0 Å². The van der Waals surface area contributed by atoms with Gasteiger partial charge in [0.1, 0.15) is 16.5 Å². The Hall–Kier alpha value is -3.14. The maximum absolute atomic E-state index is 13.3. The van der Waals surface area contributed by atoms with Crippen LogP contribution in [0, 0.1) is 11.8 Å². The first-order valence-electron chi connectivity index (χ1n) is 20.3. The minimum absolute atomic E-state index is 0.00646. The minimum Gasteiger partial charge on any atom is -0.381 e. The van der Waals surface area contributed by atoms with Crippen LogP contribution in [0.3, 0.4) is 0 Å². The molecule has 2 saturated heterocycles. The third-order valence-electron chi connectivity index (χ3n) is 10.9. The quantitative estimate of drug-likeness (QED) is 0.146. The zero-order valence-electron chi connectivity index (χ0n) is 35.1. The molecule has 4 aromatic heterocycles. The summed E-state index contributed by atoms with van der Waals surface area (Å²) in [6.45, 7) is 17.8. The number of fused-ring (bicyclic) bond motifs is 2. The Morgan fingerprint density at radius 2 is 1.08 bits per heavy atom. The van der Waals surface area contributed by atoms with Gasteiger partial charge in [-0.2, -0.15) is 0 Å². The van der Waals surface area contributed by atoms with Crippen molar-refractivity contribution in [2.24, 2.45) is 11.8 Å². The molecule has 0 aliphatic carbocycles. The first-order valence-corrected chi connectivity index (χ1v) is 24.4. The molecule has 2 aromatic carbocycles. The molecular weight excluding hydrogens is 898 g/mol. The number of hydrogen-bond acceptors (Lipinski definition) is 9. The Labute approximate surface area is 379 Å². The van der Waals surface area contributed by atoms with E-state index in [0.29, 0.717) is 37.2 Å². The first-order chi connectivity index (χ1) is 28.8. The van der Waals surface area contributed by atoms with Gasteiger partial charge in [0, 0.05) is 80.0 Å². The predicted molar refractivity (Wildman–Crippen MR) is 243 cm³/mol. The molecule has 61 heavy (non-hydrogen) atoms. The number of imidazole rings is 2. The summed E-state index contributed by atoms with van der Waals surface area (Å²) in [5.41, 5.74) is 3.14. The predicted octanol–water partition coefficient (Wildman–Crippen LogP) is 10.9. The highest BCUT2D eigenvalue weighted by Gasteiger charge is 2.30. The van der Waals surface area contributed by atoms with E-state index in [-0.39, 0.29) is 30.7 Å². The van der Waals surface area contributed by atoms with Gasteiger partial charge in [0.05, 0.1) is 62.7 Å². The lowest BCUT2D eigenvalue weighted by atomic mass is 9.94. The normalized spacial score (nSPS) is 16.5. The molecule has 0 spiro atoms. The summed E-state index contributed by atoms with van der Waals surface area (Å²) in [6, 6.07) is 10.8. The first kappa shape index (κ1) is 45.9. The van der Waals surface area contributed by atoms with Crippen LogP contribution in [0.15, 0.2) is 80.8 Å². The molecule has 2 aliphatic rings. The maximum atomic E-state index is 13.3. The molecule has 2 aliphatic heterocycles. The van der Waals surface area contributed by atoms with E-state index in [0.717, 1.165) is 93.4 Å². The third kappa shape index (κ3) is 9.99. The fourth-order valence-electron chi connectivity index (χ4n) is 7.86. The van der Waals surface area contributed by atoms with E-state index in [2.05, 4.69) is 60.6 Å². The molecular formula is C44H50Cl4N6O5S2. The lowest BCUT2D eigenvalue weighted by Crippen LogP contribution is -2.25. The van der Waals surface area contributed by atoms with Crippen LogP contribution in [-0.4, -0.2) is 68.1 Å².